The maximum atomic E-state index is 13.7. The van der Waals surface area contributed by atoms with Crippen molar-refractivity contribution < 1.29 is 73.1 Å². The lowest BCUT2D eigenvalue weighted by Gasteiger charge is -2.60. The Morgan fingerprint density at radius 2 is 0.930 bits per heavy atom. The van der Waals surface area contributed by atoms with Crippen LogP contribution >= 0.6 is 0 Å². The molecule has 12 rings (SSSR count). The van der Waals surface area contributed by atoms with Gasteiger partial charge in [0.2, 0.25) is 0 Å². The molecule has 12 aliphatic rings. The van der Waals surface area contributed by atoms with Gasteiger partial charge in [-0.1, -0.05) is 291 Å². The van der Waals surface area contributed by atoms with Crippen molar-refractivity contribution in [1.82, 2.24) is 0 Å². The van der Waals surface area contributed by atoms with Crippen LogP contribution in [-0.4, -0.2) is 114 Å². The van der Waals surface area contributed by atoms with Gasteiger partial charge in [0, 0.05) is 120 Å². The molecule has 15 heteroatoms. The normalized spacial score (nSPS) is 35.1. The molecule has 0 aliphatic heterocycles. The minimum Gasteiger partial charge on any atom is -0.393 e. The average molecular weight is 1790 g/mol. The molecule has 0 unspecified atom stereocenters. The summed E-state index contributed by atoms with van der Waals surface area (Å²) in [4.78, 5) is 124. The highest BCUT2D eigenvalue weighted by molar-refractivity contribution is 6.03. The Balaban J connectivity index is 0.000000219. The van der Waals surface area contributed by atoms with Crippen molar-refractivity contribution in [3.63, 3.8) is 0 Å². The molecule has 4 N–H and O–H groups in total. The van der Waals surface area contributed by atoms with E-state index in [0.717, 1.165) is 100 Å². The summed E-state index contributed by atoms with van der Waals surface area (Å²) >= 11 is 0. The predicted octanol–water partition coefficient (Wildman–Crippen LogP) is 24.8. The van der Waals surface area contributed by atoms with Gasteiger partial charge < -0.3 is 25.2 Å². The van der Waals surface area contributed by atoms with E-state index in [4.69, 9.17) is 4.74 Å². The van der Waals surface area contributed by atoms with E-state index >= 15 is 0 Å². The largest absolute Gasteiger partial charge is 0.393 e. The molecule has 0 amide bonds. The Hall–Kier alpha value is -5.58. The molecule has 15 nitrogen and oxygen atoms in total. The lowest BCUT2D eigenvalue weighted by atomic mass is 9.44. The van der Waals surface area contributed by atoms with Crippen LogP contribution in [-0.2, 0) is 52.7 Å². The van der Waals surface area contributed by atoms with E-state index in [1.54, 1.807) is 43.6 Å². The predicted molar refractivity (Wildman–Crippen MR) is 522 cm³/mol. The van der Waals surface area contributed by atoms with Crippen molar-refractivity contribution >= 4 is 57.8 Å². The third-order valence-corrected chi connectivity index (χ3v) is 33.6. The Morgan fingerprint density at radius 1 is 0.504 bits per heavy atom. The van der Waals surface area contributed by atoms with Crippen LogP contribution in [0.4, 0.5) is 0 Å². The van der Waals surface area contributed by atoms with Gasteiger partial charge in [-0.15, -0.1) is 0 Å². The smallest absolute Gasteiger partial charge is 0.178 e. The second-order valence-electron chi connectivity index (χ2n) is 48.1. The van der Waals surface area contributed by atoms with Crippen molar-refractivity contribution in [3.8, 4) is 0 Å². The number of Topliss-reactive ketones (excluding diaryl/α,β-unsaturated/α-hetero) is 7. The summed E-state index contributed by atoms with van der Waals surface area (Å²) in [5.41, 5.74) is -2.74. The van der Waals surface area contributed by atoms with E-state index in [-0.39, 0.29) is 150 Å². The van der Waals surface area contributed by atoms with E-state index in [0.29, 0.717) is 100 Å². The number of carbonyl (C=O) groups is 10. The van der Waals surface area contributed by atoms with E-state index < -0.39 is 45.3 Å². The molecular weight excluding hydrogens is 1610 g/mol. The standard InChI is InChI=1S/C25H36O4.C25H34O4.C24H34O4.C15H30O.C14H26O.C11H20O/c1-14(2)10-21(28)25(29)9-7-18-17-11-15(3)19-12-16(26)6-8-23(19,4)22(17)20(27)13-24(18,25)5;1-15(2)12-21(28)25(29-5)11-9-19-18-7-6-16-13-17(26)8-10-23(16,3)22(18)20(27)14-24(19,25)4;1-14(2)11-20(27)24(28)10-8-18-17-6-5-15-12-16(25)7-9-22(15,3)21(17)19(26)13-23(18,24)4;1-4-5-6-7-8-9-10-11-12-13-15(16)14(2)3;1-7-8-9-10-14(5,6)12(15)11-13(2,3)4;1-5-6-7-8-10(12)9-11(2,3)4/h6,8,12,14-15,17-18,20,22,27,29H,7,9-11,13H2,1-5H3;8,10,13,15,18-19,22H,6-7,9,11-12,14H2,1-5H3;7,9,12,14,17-19,21,26,28H,5-6,8,10-11,13H2,1-4H3;14H,4-13H2,1-3H3;8-9H,7,10-11H2,1-6H3;6-7H,5,8-9H2,1-4H3/b;;;;9-8-;7-6-/t15-,17-,18-,20-,22+,23-,24-,25-;18-,19-,22+,23-,24-,25-;17-,18-,19-,21+,22-,23-,24-;;;/m000.../s1. The topological polar surface area (TPSA) is 261 Å². The molecule has 0 bridgehead atoms. The molecule has 0 heterocycles. The Labute approximate surface area is 781 Å². The number of ketones is 10. The molecule has 0 radical (unpaired) electrons. The summed E-state index contributed by atoms with van der Waals surface area (Å²) in [5, 5.41) is 45.9. The van der Waals surface area contributed by atoms with Gasteiger partial charge in [-0.3, -0.25) is 47.9 Å². The van der Waals surface area contributed by atoms with Gasteiger partial charge in [0.1, 0.15) is 39.9 Å². The van der Waals surface area contributed by atoms with Gasteiger partial charge in [-0.25, -0.2) is 0 Å². The van der Waals surface area contributed by atoms with Crippen LogP contribution in [0.25, 0.3) is 0 Å². The van der Waals surface area contributed by atoms with Crippen LogP contribution < -0.4 is 0 Å². The number of methoxy groups -OCH3 is 1. The van der Waals surface area contributed by atoms with Gasteiger partial charge in [0.25, 0.3) is 0 Å². The van der Waals surface area contributed by atoms with Crippen LogP contribution in [0.1, 0.15) is 392 Å². The van der Waals surface area contributed by atoms with Crippen LogP contribution in [0.5, 0.6) is 0 Å². The number of allylic oxidation sites excluding steroid dienone is 16. The fourth-order valence-corrected chi connectivity index (χ4v) is 26.9. The van der Waals surface area contributed by atoms with Gasteiger partial charge in [0.05, 0.1) is 12.2 Å². The first-order valence-electron chi connectivity index (χ1n) is 51.1. The fraction of sp³-hybridized carbons (Fsp3) is 0.772. The highest BCUT2D eigenvalue weighted by atomic mass is 16.5. The Bertz CT molecular complexity index is 4190. The average Bonchev–Trinajstić information content (AvgIpc) is 1.56. The molecule has 0 aromatic carbocycles. The number of hydrogen-bond donors (Lipinski definition) is 4. The number of hydrogen-bond acceptors (Lipinski definition) is 15. The first-order chi connectivity index (χ1) is 59.9. The SMILES string of the molecule is CC(C)CC(=O)[C@@]1(O)CC[C@H]2[C@@H]3CCC4=CC(=O)C=C[C@]4(C)[C@H]3[C@@H](O)C[C@@]21C.CC(C)CC(=O)[C@@]1(O)CC[C@H]2[C@@H]3C[C@H](C)C4=CC(=O)C=C[C@]4(C)[C@H]3[C@@H](O)C[C@@]21C.CC/C=C\CC(=O)CC(C)(C)C.CC/C=C\CC(C)(C)C(=O)CC(C)(C)C.CCCCCCCCCCCC(=O)C(C)C.CO[C@]1(C(=O)CC(C)C)CC[C@H]2[C@@H]3CCC4=CC(=O)C=C[C@]4(C)[C@H]3C(=O)C[C@@]21C. The highest BCUT2D eigenvalue weighted by Gasteiger charge is 2.72. The number of rotatable bonds is 30. The van der Waals surface area contributed by atoms with E-state index in [2.05, 4.69) is 123 Å². The van der Waals surface area contributed by atoms with Gasteiger partial charge in [-0.05, 0) is 216 Å². The third kappa shape index (κ3) is 24.8. The molecule has 12 aliphatic carbocycles. The van der Waals surface area contributed by atoms with E-state index in [1.165, 1.54) is 51.4 Å². The number of ether oxygens (including phenoxy) is 1. The number of aliphatic hydroxyl groups excluding tert-OH is 2. The fourth-order valence-electron chi connectivity index (χ4n) is 26.9. The molecule has 21 atom stereocenters. The zero-order valence-electron chi connectivity index (χ0n) is 85.9. The Kier molecular flexibility index (Phi) is 38.5. The summed E-state index contributed by atoms with van der Waals surface area (Å²) in [5.74, 6) is 4.16. The minimum absolute atomic E-state index is 0.0231. The molecule has 129 heavy (non-hydrogen) atoms. The van der Waals surface area contributed by atoms with Crippen molar-refractivity contribution in [2.75, 3.05) is 7.11 Å². The number of fused-ring (bicyclic) bond motifs is 15. The number of carbonyl (C=O) groups excluding carboxylic acids is 10. The van der Waals surface area contributed by atoms with Gasteiger partial charge in [-0.2, -0.15) is 0 Å². The molecule has 0 aromatic heterocycles. The molecule has 0 saturated heterocycles. The van der Waals surface area contributed by atoms with Crippen molar-refractivity contribution in [3.05, 3.63) is 95.7 Å². The second kappa shape index (κ2) is 44.9. The molecule has 0 spiro atoms. The highest BCUT2D eigenvalue weighted by Crippen LogP contribution is 2.71. The lowest BCUT2D eigenvalue weighted by molar-refractivity contribution is -0.179. The number of aliphatic hydroxyl groups is 4. The lowest BCUT2D eigenvalue weighted by Crippen LogP contribution is -2.62. The first-order valence-corrected chi connectivity index (χ1v) is 51.1. The van der Waals surface area contributed by atoms with E-state index in [9.17, 15) is 68.4 Å². The quantitative estimate of drug-likeness (QED) is 0.0385. The zero-order chi connectivity index (χ0) is 97.0. The molecule has 9 saturated carbocycles. The van der Waals surface area contributed by atoms with Crippen LogP contribution in [0.3, 0.4) is 0 Å². The first kappa shape index (κ1) is 110. The van der Waals surface area contributed by atoms with Crippen molar-refractivity contribution in [1.29, 1.82) is 0 Å². The zero-order valence-corrected chi connectivity index (χ0v) is 85.9. The maximum absolute atomic E-state index is 13.7. The van der Waals surface area contributed by atoms with Gasteiger partial charge >= 0.3 is 0 Å². The summed E-state index contributed by atoms with van der Waals surface area (Å²) in [6, 6.07) is 0. The molecule has 0 aromatic rings. The monoisotopic (exact) mass is 1790 g/mol. The molecule has 9 fully saturated rings. The second-order valence-corrected chi connectivity index (χ2v) is 48.1. The summed E-state index contributed by atoms with van der Waals surface area (Å²) in [6.45, 7) is 54.1. The van der Waals surface area contributed by atoms with Crippen molar-refractivity contribution in [2.45, 2.75) is 421 Å². The van der Waals surface area contributed by atoms with Crippen molar-refractivity contribution in [2.24, 2.45) is 132 Å². The molecular formula is C114H180O15. The Morgan fingerprint density at radius 3 is 1.41 bits per heavy atom. The van der Waals surface area contributed by atoms with E-state index in [1.807, 2.05) is 99.6 Å². The summed E-state index contributed by atoms with van der Waals surface area (Å²) < 4.78 is 6.04. The van der Waals surface area contributed by atoms with Crippen LogP contribution in [0.2, 0.25) is 0 Å². The maximum Gasteiger partial charge on any atom is 0.178 e. The summed E-state index contributed by atoms with van der Waals surface area (Å²) in [7, 11) is 1.65. The van der Waals surface area contributed by atoms with Crippen LogP contribution in [0.15, 0.2) is 95.7 Å². The number of unbranched alkanes of at least 4 members (excludes halogenated alkanes) is 8. The van der Waals surface area contributed by atoms with Gasteiger partial charge in [0.15, 0.2) is 34.7 Å². The van der Waals surface area contributed by atoms with Crippen LogP contribution in [0, 0.1) is 132 Å². The minimum atomic E-state index is -1.34. The molecule has 726 valence electrons. The third-order valence-electron chi connectivity index (χ3n) is 33.6. The summed E-state index contributed by atoms with van der Waals surface area (Å²) in [6.07, 6.45) is 52.2.